The van der Waals surface area contributed by atoms with Gasteiger partial charge in [0.2, 0.25) is 0 Å². The number of carbonyl (C=O) groups excluding carboxylic acids is 1. The molecule has 0 aliphatic carbocycles. The molecule has 1 atom stereocenters. The fraction of sp³-hybridized carbons (Fsp3) is 0.571. The molecule has 2 heterocycles. The second-order valence-electron chi connectivity index (χ2n) is 5.18. The zero-order valence-corrected chi connectivity index (χ0v) is 12.6. The van der Waals surface area contributed by atoms with E-state index in [2.05, 4.69) is 9.88 Å². The lowest BCUT2D eigenvalue weighted by molar-refractivity contribution is 0.0682. The van der Waals surface area contributed by atoms with E-state index in [1.54, 1.807) is 26.1 Å². The third kappa shape index (κ3) is 3.22. The molecule has 0 saturated carbocycles. The van der Waals surface area contributed by atoms with Gasteiger partial charge in [-0.1, -0.05) is 11.6 Å². The monoisotopic (exact) mass is 297 g/mol. The van der Waals surface area contributed by atoms with E-state index in [1.807, 2.05) is 0 Å². The van der Waals surface area contributed by atoms with Gasteiger partial charge in [0.15, 0.2) is 0 Å². The number of aliphatic hydroxyl groups is 1. The quantitative estimate of drug-likeness (QED) is 0.861. The molecule has 1 fully saturated rings. The summed E-state index contributed by atoms with van der Waals surface area (Å²) in [6.45, 7) is 3.62. The molecule has 1 saturated heterocycles. The third-order valence-corrected chi connectivity index (χ3v) is 3.90. The van der Waals surface area contributed by atoms with E-state index < -0.39 is 0 Å². The molecule has 20 heavy (non-hydrogen) atoms. The van der Waals surface area contributed by atoms with Gasteiger partial charge in [0.1, 0.15) is 11.0 Å². The highest BCUT2D eigenvalue weighted by Gasteiger charge is 2.20. The van der Waals surface area contributed by atoms with Gasteiger partial charge < -0.3 is 14.9 Å². The fourth-order valence-corrected chi connectivity index (χ4v) is 2.45. The average Bonchev–Trinajstić information content (AvgIpc) is 2.98. The predicted molar refractivity (Wildman–Crippen MR) is 79.3 cm³/mol. The van der Waals surface area contributed by atoms with Crippen molar-refractivity contribution in [1.82, 2.24) is 9.88 Å². The van der Waals surface area contributed by atoms with Crippen LogP contribution in [0.3, 0.4) is 0 Å². The Bertz CT molecular complexity index is 489. The maximum atomic E-state index is 12.4. The molecule has 0 spiro atoms. The first-order chi connectivity index (χ1) is 9.52. The molecule has 1 aliphatic rings. The Morgan fingerprint density at radius 1 is 1.50 bits per heavy atom. The first kappa shape index (κ1) is 15.1. The molecule has 110 valence electrons. The molecule has 1 amide bonds. The Morgan fingerprint density at radius 3 is 2.75 bits per heavy atom. The highest BCUT2D eigenvalue weighted by molar-refractivity contribution is 6.29. The molecule has 1 aromatic heterocycles. The van der Waals surface area contributed by atoms with Gasteiger partial charge in [-0.15, -0.1) is 0 Å². The van der Waals surface area contributed by atoms with E-state index in [4.69, 9.17) is 16.7 Å². The first-order valence-corrected chi connectivity index (χ1v) is 7.21. The summed E-state index contributed by atoms with van der Waals surface area (Å²) < 4.78 is 0. The van der Waals surface area contributed by atoms with Crippen molar-refractivity contribution in [3.63, 3.8) is 0 Å². The van der Waals surface area contributed by atoms with Crippen LogP contribution in [0.5, 0.6) is 0 Å². The van der Waals surface area contributed by atoms with Gasteiger partial charge in [-0.05, 0) is 31.9 Å². The molecule has 1 aromatic rings. The average molecular weight is 298 g/mol. The minimum absolute atomic E-state index is 0.0694. The summed E-state index contributed by atoms with van der Waals surface area (Å²) in [7, 11) is 1.67. The number of carbonyl (C=O) groups is 1. The number of aliphatic hydroxyl groups excluding tert-OH is 1. The van der Waals surface area contributed by atoms with Gasteiger partial charge in [0.05, 0.1) is 12.6 Å². The van der Waals surface area contributed by atoms with Crippen molar-refractivity contribution in [3.8, 4) is 0 Å². The second-order valence-corrected chi connectivity index (χ2v) is 5.57. The normalized spacial score (nSPS) is 16.3. The lowest BCUT2D eigenvalue weighted by atomic mass is 10.2. The maximum Gasteiger partial charge on any atom is 0.254 e. The molecular formula is C14H20ClN3O2. The Morgan fingerprint density at radius 2 is 2.15 bits per heavy atom. The van der Waals surface area contributed by atoms with Crippen molar-refractivity contribution in [2.24, 2.45) is 0 Å². The van der Waals surface area contributed by atoms with Crippen LogP contribution in [-0.2, 0) is 0 Å². The number of rotatable bonds is 4. The number of anilines is 1. The zero-order valence-electron chi connectivity index (χ0n) is 11.8. The molecule has 0 radical (unpaired) electrons. The summed E-state index contributed by atoms with van der Waals surface area (Å²) in [4.78, 5) is 20.3. The lowest BCUT2D eigenvalue weighted by Gasteiger charge is -2.24. The molecule has 0 bridgehead atoms. The summed E-state index contributed by atoms with van der Waals surface area (Å²) in [5.74, 6) is 0.597. The van der Waals surface area contributed by atoms with Crippen molar-refractivity contribution in [3.05, 3.63) is 22.8 Å². The minimum atomic E-state index is -0.232. The van der Waals surface area contributed by atoms with Crippen LogP contribution in [0, 0.1) is 0 Å². The predicted octanol–water partition coefficient (Wildman–Crippen LogP) is 1.79. The van der Waals surface area contributed by atoms with Gasteiger partial charge in [-0.3, -0.25) is 4.79 Å². The van der Waals surface area contributed by atoms with Crippen molar-refractivity contribution in [2.75, 3.05) is 31.6 Å². The molecule has 1 unspecified atom stereocenters. The van der Waals surface area contributed by atoms with Crippen LogP contribution in [0.1, 0.15) is 30.1 Å². The first-order valence-electron chi connectivity index (χ1n) is 6.83. The van der Waals surface area contributed by atoms with Gasteiger partial charge >= 0.3 is 0 Å². The highest BCUT2D eigenvalue weighted by Crippen LogP contribution is 2.23. The van der Waals surface area contributed by atoms with E-state index in [0.717, 1.165) is 31.7 Å². The summed E-state index contributed by atoms with van der Waals surface area (Å²) in [6, 6.07) is 3.12. The smallest absolute Gasteiger partial charge is 0.254 e. The van der Waals surface area contributed by atoms with E-state index in [9.17, 15) is 4.79 Å². The standard InChI is InChI=1S/C14H20ClN3O2/c1-10(9-19)17(2)14(20)11-7-12(15)16-13(8-11)18-5-3-4-6-18/h7-8,10,19H,3-6,9H2,1-2H3. The van der Waals surface area contributed by atoms with Gasteiger partial charge in [-0.25, -0.2) is 4.98 Å². The van der Waals surface area contributed by atoms with Crippen molar-refractivity contribution in [2.45, 2.75) is 25.8 Å². The van der Waals surface area contributed by atoms with E-state index >= 15 is 0 Å². The highest BCUT2D eigenvalue weighted by atomic mass is 35.5. The van der Waals surface area contributed by atoms with Crippen LogP contribution in [0.2, 0.25) is 5.15 Å². The minimum Gasteiger partial charge on any atom is -0.394 e. The fourth-order valence-electron chi connectivity index (χ4n) is 2.24. The second kappa shape index (κ2) is 6.41. The molecule has 1 N–H and O–H groups in total. The summed E-state index contributed by atoms with van der Waals surface area (Å²) in [5.41, 5.74) is 0.509. The lowest BCUT2D eigenvalue weighted by Crippen LogP contribution is -2.37. The number of halogens is 1. The largest absolute Gasteiger partial charge is 0.394 e. The number of hydrogen-bond acceptors (Lipinski definition) is 4. The van der Waals surface area contributed by atoms with Crippen LogP contribution in [0.15, 0.2) is 12.1 Å². The van der Waals surface area contributed by atoms with E-state index in [0.29, 0.717) is 10.7 Å². The molecular weight excluding hydrogens is 278 g/mol. The van der Waals surface area contributed by atoms with Crippen LogP contribution in [-0.4, -0.2) is 53.7 Å². The Hall–Kier alpha value is -1.33. The molecule has 5 nitrogen and oxygen atoms in total. The Balaban J connectivity index is 2.25. The molecule has 0 aromatic carbocycles. The maximum absolute atomic E-state index is 12.4. The van der Waals surface area contributed by atoms with Crippen molar-refractivity contribution >= 4 is 23.3 Å². The van der Waals surface area contributed by atoms with Crippen LogP contribution < -0.4 is 4.90 Å². The number of pyridine rings is 1. The topological polar surface area (TPSA) is 56.7 Å². The number of likely N-dealkylation sites (N-methyl/N-ethyl adjacent to an activating group) is 1. The van der Waals surface area contributed by atoms with Crippen LogP contribution in [0.4, 0.5) is 5.82 Å². The summed E-state index contributed by atoms with van der Waals surface area (Å²) in [5, 5.41) is 9.46. The molecule has 2 rings (SSSR count). The number of amides is 1. The van der Waals surface area contributed by atoms with Crippen molar-refractivity contribution in [1.29, 1.82) is 0 Å². The SMILES string of the molecule is CC(CO)N(C)C(=O)c1cc(Cl)nc(N2CCCC2)c1. The Kier molecular flexibility index (Phi) is 4.83. The van der Waals surface area contributed by atoms with Gasteiger partial charge in [0.25, 0.3) is 5.91 Å². The molecule has 1 aliphatic heterocycles. The van der Waals surface area contributed by atoms with E-state index in [-0.39, 0.29) is 18.6 Å². The molecule has 6 heteroatoms. The van der Waals surface area contributed by atoms with Crippen LogP contribution in [0.25, 0.3) is 0 Å². The van der Waals surface area contributed by atoms with Gasteiger partial charge in [-0.2, -0.15) is 0 Å². The van der Waals surface area contributed by atoms with Gasteiger partial charge in [0, 0.05) is 25.7 Å². The summed E-state index contributed by atoms with van der Waals surface area (Å²) >= 11 is 6.03. The van der Waals surface area contributed by atoms with E-state index in [1.165, 1.54) is 4.90 Å². The van der Waals surface area contributed by atoms with Crippen molar-refractivity contribution < 1.29 is 9.90 Å². The number of nitrogens with zero attached hydrogens (tertiary/aromatic N) is 3. The number of hydrogen-bond donors (Lipinski definition) is 1. The Labute approximate surface area is 124 Å². The zero-order chi connectivity index (χ0) is 14.7. The van der Waals surface area contributed by atoms with Crippen LogP contribution >= 0.6 is 11.6 Å². The summed E-state index contributed by atoms with van der Waals surface area (Å²) in [6.07, 6.45) is 2.28. The number of aromatic nitrogens is 1. The third-order valence-electron chi connectivity index (χ3n) is 3.70.